The third-order valence-corrected chi connectivity index (χ3v) is 3.80. The normalized spacial score (nSPS) is 11.6. The Labute approximate surface area is 148 Å². The fourth-order valence-electron chi connectivity index (χ4n) is 2.76. The van der Waals surface area contributed by atoms with Crippen molar-refractivity contribution in [2.75, 3.05) is 19.0 Å². The number of nitrogens with one attached hydrogen (secondary N) is 1. The second kappa shape index (κ2) is 6.78. The Morgan fingerprint density at radius 2 is 1.85 bits per heavy atom. The van der Waals surface area contributed by atoms with Crippen molar-refractivity contribution < 1.29 is 17.9 Å². The quantitative estimate of drug-likeness (QED) is 0.743. The molecule has 0 spiro atoms. The first-order chi connectivity index (χ1) is 12.3. The molecule has 0 unspecified atom stereocenters. The average molecular weight is 362 g/mol. The van der Waals surface area contributed by atoms with Crippen LogP contribution in [0, 0.1) is 6.92 Å². The van der Waals surface area contributed by atoms with E-state index in [1.165, 1.54) is 18.2 Å². The number of alkyl halides is 3. The number of benzene rings is 1. The molecule has 0 fully saturated rings. The monoisotopic (exact) mass is 362 g/mol. The van der Waals surface area contributed by atoms with Gasteiger partial charge in [0.15, 0.2) is 5.65 Å². The largest absolute Gasteiger partial charge is 0.493 e. The van der Waals surface area contributed by atoms with Crippen molar-refractivity contribution in [2.24, 2.45) is 0 Å². The van der Waals surface area contributed by atoms with Gasteiger partial charge in [-0.05, 0) is 38.1 Å². The van der Waals surface area contributed by atoms with Crippen LogP contribution in [0.3, 0.4) is 0 Å². The van der Waals surface area contributed by atoms with Gasteiger partial charge in [0, 0.05) is 7.05 Å². The van der Waals surface area contributed by atoms with Gasteiger partial charge in [0.1, 0.15) is 17.4 Å². The van der Waals surface area contributed by atoms with Gasteiger partial charge in [-0.15, -0.1) is 0 Å². The van der Waals surface area contributed by atoms with Crippen LogP contribution in [0.25, 0.3) is 22.3 Å². The molecule has 0 amide bonds. The summed E-state index contributed by atoms with van der Waals surface area (Å²) in [5.74, 6) is 1.18. The number of ether oxygens (including phenoxy) is 1. The van der Waals surface area contributed by atoms with Crippen LogP contribution in [0.2, 0.25) is 0 Å². The van der Waals surface area contributed by atoms with E-state index in [4.69, 9.17) is 4.74 Å². The number of fused-ring (bicyclic) bond motifs is 1. The summed E-state index contributed by atoms with van der Waals surface area (Å²) in [6.45, 7) is 3.66. The topological polar surface area (TPSA) is 59.9 Å². The van der Waals surface area contributed by atoms with Crippen LogP contribution >= 0.6 is 0 Å². The maximum absolute atomic E-state index is 13.5. The van der Waals surface area contributed by atoms with E-state index in [1.807, 2.05) is 0 Å². The fourth-order valence-corrected chi connectivity index (χ4v) is 2.76. The molecule has 1 N–H and O–H groups in total. The molecule has 136 valence electrons. The average Bonchev–Trinajstić information content (AvgIpc) is 2.59. The number of aryl methyl sites for hydroxylation is 1. The summed E-state index contributed by atoms with van der Waals surface area (Å²) in [6, 6.07) is 7.03. The van der Waals surface area contributed by atoms with E-state index < -0.39 is 11.7 Å². The van der Waals surface area contributed by atoms with Crippen LogP contribution in [0.15, 0.2) is 30.3 Å². The van der Waals surface area contributed by atoms with E-state index in [2.05, 4.69) is 20.3 Å². The summed E-state index contributed by atoms with van der Waals surface area (Å²) in [5.41, 5.74) is -0.422. The highest BCUT2D eigenvalue weighted by molar-refractivity contribution is 5.89. The first-order valence-electron chi connectivity index (χ1n) is 8.01. The zero-order chi connectivity index (χ0) is 18.9. The third-order valence-electron chi connectivity index (χ3n) is 3.80. The number of aromatic nitrogens is 3. The van der Waals surface area contributed by atoms with Gasteiger partial charge in [0.25, 0.3) is 0 Å². The highest BCUT2D eigenvalue weighted by atomic mass is 19.4. The molecule has 3 rings (SSSR count). The van der Waals surface area contributed by atoms with Gasteiger partial charge in [-0.3, -0.25) is 0 Å². The van der Waals surface area contributed by atoms with E-state index in [-0.39, 0.29) is 23.6 Å². The molecule has 5 nitrogen and oxygen atoms in total. The highest BCUT2D eigenvalue weighted by Gasteiger charge is 2.35. The molecule has 0 atom stereocenters. The van der Waals surface area contributed by atoms with Gasteiger partial charge < -0.3 is 10.1 Å². The minimum atomic E-state index is -4.53. The lowest BCUT2D eigenvalue weighted by atomic mass is 10.0. The predicted octanol–water partition coefficient (Wildman–Crippen LogP) is 4.46. The summed E-state index contributed by atoms with van der Waals surface area (Å²) in [5, 5.41) is 3.57. The van der Waals surface area contributed by atoms with Crippen LogP contribution in [0.4, 0.5) is 19.0 Å². The van der Waals surface area contributed by atoms with Crippen LogP contribution in [0.1, 0.15) is 18.3 Å². The van der Waals surface area contributed by atoms with Crippen LogP contribution < -0.4 is 10.1 Å². The number of pyridine rings is 1. The van der Waals surface area contributed by atoms with Gasteiger partial charge in [-0.2, -0.15) is 13.2 Å². The molecule has 8 heteroatoms. The second-order valence-corrected chi connectivity index (χ2v) is 5.55. The lowest BCUT2D eigenvalue weighted by Crippen LogP contribution is -2.09. The number of hydrogen-bond donors (Lipinski definition) is 1. The molecule has 1 aromatic carbocycles. The minimum Gasteiger partial charge on any atom is -0.493 e. The van der Waals surface area contributed by atoms with E-state index >= 15 is 0 Å². The summed E-state index contributed by atoms with van der Waals surface area (Å²) < 4.78 is 46.0. The molecule has 0 bridgehead atoms. The van der Waals surface area contributed by atoms with Crippen molar-refractivity contribution >= 4 is 16.9 Å². The highest BCUT2D eigenvalue weighted by Crippen LogP contribution is 2.42. The first-order valence-corrected chi connectivity index (χ1v) is 8.01. The van der Waals surface area contributed by atoms with Crippen LogP contribution in [-0.4, -0.2) is 28.6 Å². The Balaban J connectivity index is 2.29. The molecule has 0 saturated carbocycles. The summed E-state index contributed by atoms with van der Waals surface area (Å²) in [4.78, 5) is 12.9. The zero-order valence-corrected chi connectivity index (χ0v) is 14.5. The molecule has 0 aliphatic heterocycles. The number of halogens is 3. The molecule has 26 heavy (non-hydrogen) atoms. The summed E-state index contributed by atoms with van der Waals surface area (Å²) >= 11 is 0. The number of hydrogen-bond acceptors (Lipinski definition) is 5. The molecule has 0 radical (unpaired) electrons. The molecule has 0 saturated heterocycles. The van der Waals surface area contributed by atoms with Crippen molar-refractivity contribution in [3.05, 3.63) is 41.7 Å². The van der Waals surface area contributed by atoms with Gasteiger partial charge in [0.05, 0.1) is 28.8 Å². The molecule has 2 aromatic heterocycles. The van der Waals surface area contributed by atoms with Crippen molar-refractivity contribution in [2.45, 2.75) is 20.0 Å². The Hall–Kier alpha value is -2.90. The van der Waals surface area contributed by atoms with Crippen molar-refractivity contribution in [1.29, 1.82) is 0 Å². The van der Waals surface area contributed by atoms with Crippen LogP contribution in [-0.2, 0) is 6.18 Å². The Bertz CT molecular complexity index is 957. The van der Waals surface area contributed by atoms with Gasteiger partial charge in [-0.1, -0.05) is 6.07 Å². The lowest BCUT2D eigenvalue weighted by molar-refractivity contribution is -0.137. The maximum atomic E-state index is 13.5. The molecule has 3 aromatic rings. The van der Waals surface area contributed by atoms with Crippen LogP contribution in [0.5, 0.6) is 5.75 Å². The third kappa shape index (κ3) is 3.26. The maximum Gasteiger partial charge on any atom is 0.417 e. The Morgan fingerprint density at radius 1 is 1.08 bits per heavy atom. The van der Waals surface area contributed by atoms with E-state index in [1.54, 1.807) is 27.0 Å². The molecule has 0 aliphatic carbocycles. The van der Waals surface area contributed by atoms with E-state index in [9.17, 15) is 13.2 Å². The Morgan fingerprint density at radius 3 is 2.50 bits per heavy atom. The molecular weight excluding hydrogens is 345 g/mol. The van der Waals surface area contributed by atoms with E-state index in [0.717, 1.165) is 6.07 Å². The Kier molecular flexibility index (Phi) is 4.67. The summed E-state index contributed by atoms with van der Waals surface area (Å²) in [7, 11) is 1.71. The zero-order valence-electron chi connectivity index (χ0n) is 14.5. The summed E-state index contributed by atoms with van der Waals surface area (Å²) in [6.07, 6.45) is -4.53. The van der Waals surface area contributed by atoms with Gasteiger partial charge >= 0.3 is 6.18 Å². The lowest BCUT2D eigenvalue weighted by Gasteiger charge is -2.17. The van der Waals surface area contributed by atoms with Crippen molar-refractivity contribution in [1.82, 2.24) is 15.0 Å². The molecule has 2 heterocycles. The number of rotatable bonds is 4. The van der Waals surface area contributed by atoms with Gasteiger partial charge in [-0.25, -0.2) is 15.0 Å². The van der Waals surface area contributed by atoms with Gasteiger partial charge in [0.2, 0.25) is 0 Å². The number of nitrogens with zero attached hydrogens (tertiary/aromatic N) is 3. The van der Waals surface area contributed by atoms with Crippen molar-refractivity contribution in [3.63, 3.8) is 0 Å². The number of anilines is 1. The first kappa shape index (κ1) is 17.9. The van der Waals surface area contributed by atoms with Crippen molar-refractivity contribution in [3.8, 4) is 17.0 Å². The fraction of sp³-hybridized carbons (Fsp3) is 0.278. The SMILES string of the molecule is CCOc1cccc(C(F)(F)F)c1-c1ccc2c(NC)nc(C)nc2n1. The molecular formula is C18H17F3N4O. The standard InChI is InChI=1S/C18H17F3N4O/c1-4-26-14-7-5-6-12(18(19,20)21)15(14)13-9-8-11-16(22-3)23-10(2)24-17(11)25-13/h5-9H,4H2,1-3H3,(H,22,23,24,25). The van der Waals surface area contributed by atoms with E-state index in [0.29, 0.717) is 22.7 Å². The minimum absolute atomic E-state index is 0.0916. The predicted molar refractivity (Wildman–Crippen MR) is 93.2 cm³/mol. The molecule has 0 aliphatic rings. The second-order valence-electron chi connectivity index (χ2n) is 5.55. The smallest absolute Gasteiger partial charge is 0.417 e.